The van der Waals surface area contributed by atoms with E-state index in [4.69, 9.17) is 4.98 Å². The molecule has 7 heteroatoms. The Balaban J connectivity index is 1.26. The van der Waals surface area contributed by atoms with Crippen LogP contribution in [0, 0.1) is 6.92 Å². The number of amides is 1. The molecule has 0 saturated carbocycles. The number of aryl methyl sites for hydroxylation is 2. The van der Waals surface area contributed by atoms with Crippen LogP contribution in [0.5, 0.6) is 0 Å². The number of unbranched alkanes of at least 4 members (excludes halogenated alkanes) is 1. The molecule has 0 unspecified atom stereocenters. The first-order valence-electron chi connectivity index (χ1n) is 12.7. The van der Waals surface area contributed by atoms with E-state index in [2.05, 4.69) is 45.0 Å². The zero-order valence-electron chi connectivity index (χ0n) is 20.9. The molecule has 5 rings (SSSR count). The van der Waals surface area contributed by atoms with E-state index < -0.39 is 0 Å². The van der Waals surface area contributed by atoms with Crippen LogP contribution in [0.15, 0.2) is 67.0 Å². The lowest BCUT2D eigenvalue weighted by atomic mass is 10.1. The lowest BCUT2D eigenvalue weighted by Crippen LogP contribution is -2.47. The molecule has 2 aromatic carbocycles. The largest absolute Gasteiger partial charge is 0.353 e. The summed E-state index contributed by atoms with van der Waals surface area (Å²) in [5.41, 5.74) is 4.78. The molecule has 0 bridgehead atoms. The normalized spacial score (nSPS) is 13.7. The van der Waals surface area contributed by atoms with Gasteiger partial charge in [0.05, 0.1) is 5.52 Å². The van der Waals surface area contributed by atoms with Crippen LogP contribution >= 0.6 is 0 Å². The van der Waals surface area contributed by atoms with Crippen LogP contribution in [-0.2, 0) is 6.42 Å². The fraction of sp³-hybridized carbons (Fsp3) is 0.310. The Labute approximate surface area is 212 Å². The van der Waals surface area contributed by atoms with Gasteiger partial charge in [0, 0.05) is 55.2 Å². The minimum absolute atomic E-state index is 0.0982. The monoisotopic (exact) mass is 480 g/mol. The molecule has 0 spiro atoms. The van der Waals surface area contributed by atoms with Crippen LogP contribution in [0.25, 0.3) is 10.9 Å². The lowest BCUT2D eigenvalue weighted by Gasteiger charge is -2.35. The van der Waals surface area contributed by atoms with E-state index in [-0.39, 0.29) is 5.91 Å². The number of nitrogens with zero attached hydrogens (tertiary/aromatic N) is 5. The molecule has 0 aliphatic carbocycles. The highest BCUT2D eigenvalue weighted by molar-refractivity contribution is 6.05. The molecule has 1 aliphatic heterocycles. The molecule has 7 nitrogen and oxygen atoms in total. The summed E-state index contributed by atoms with van der Waals surface area (Å²) in [5, 5.41) is 4.09. The Kier molecular flexibility index (Phi) is 7.07. The minimum Gasteiger partial charge on any atom is -0.353 e. The molecule has 1 amide bonds. The summed E-state index contributed by atoms with van der Waals surface area (Å²) >= 11 is 0. The van der Waals surface area contributed by atoms with Gasteiger partial charge in [0.2, 0.25) is 5.95 Å². The van der Waals surface area contributed by atoms with Crippen molar-refractivity contribution in [2.45, 2.75) is 33.1 Å². The quantitative estimate of drug-likeness (QED) is 0.389. The number of pyridine rings is 1. The van der Waals surface area contributed by atoms with Crippen LogP contribution in [0.4, 0.5) is 17.5 Å². The number of anilines is 3. The van der Waals surface area contributed by atoms with E-state index in [1.807, 2.05) is 48.5 Å². The van der Waals surface area contributed by atoms with Gasteiger partial charge in [0.25, 0.3) is 5.91 Å². The van der Waals surface area contributed by atoms with Crippen molar-refractivity contribution in [3.63, 3.8) is 0 Å². The van der Waals surface area contributed by atoms with Crippen LogP contribution in [0.1, 0.15) is 41.3 Å². The maximum Gasteiger partial charge on any atom is 0.255 e. The van der Waals surface area contributed by atoms with E-state index in [1.165, 1.54) is 12.0 Å². The second-order valence-electron chi connectivity index (χ2n) is 9.31. The molecule has 36 heavy (non-hydrogen) atoms. The van der Waals surface area contributed by atoms with Gasteiger partial charge in [-0.1, -0.05) is 25.5 Å². The summed E-state index contributed by atoms with van der Waals surface area (Å²) in [6, 6.07) is 17.8. The van der Waals surface area contributed by atoms with Crippen molar-refractivity contribution < 1.29 is 4.79 Å². The number of aromatic nitrogens is 3. The SMILES string of the molecule is CCCCc1ccc(C(=O)Nc2ccc3nc(N4CCN(c5ncccn5)CC4)cc(C)c3c2)cc1. The maximum atomic E-state index is 12.8. The van der Waals surface area contributed by atoms with E-state index >= 15 is 0 Å². The number of fused-ring (bicyclic) bond motifs is 1. The van der Waals surface area contributed by atoms with Crippen molar-refractivity contribution in [1.29, 1.82) is 0 Å². The summed E-state index contributed by atoms with van der Waals surface area (Å²) < 4.78 is 0. The number of carbonyl (C=O) groups is 1. The number of carbonyl (C=O) groups excluding carboxylic acids is 1. The molecule has 3 heterocycles. The zero-order valence-corrected chi connectivity index (χ0v) is 20.9. The lowest BCUT2D eigenvalue weighted by molar-refractivity contribution is 0.102. The second kappa shape index (κ2) is 10.7. The van der Waals surface area contributed by atoms with Gasteiger partial charge in [0.1, 0.15) is 5.82 Å². The van der Waals surface area contributed by atoms with Crippen molar-refractivity contribution in [3.05, 3.63) is 83.7 Å². The number of hydrogen-bond acceptors (Lipinski definition) is 6. The summed E-state index contributed by atoms with van der Waals surface area (Å²) in [4.78, 5) is 31.0. The standard InChI is InChI=1S/C29H32N6O/c1-3-4-6-22-7-9-23(10-8-22)28(36)32-24-11-12-26-25(20-24)21(2)19-27(33-26)34-15-17-35(18-16-34)29-30-13-5-14-31-29/h5,7-14,19-20H,3-4,6,15-18H2,1-2H3,(H,32,36). The average molecular weight is 481 g/mol. The topological polar surface area (TPSA) is 74.2 Å². The summed E-state index contributed by atoms with van der Waals surface area (Å²) in [5.74, 6) is 1.66. The van der Waals surface area contributed by atoms with Gasteiger partial charge in [-0.2, -0.15) is 0 Å². The maximum absolute atomic E-state index is 12.8. The molecule has 184 valence electrons. The fourth-order valence-electron chi connectivity index (χ4n) is 4.61. The van der Waals surface area contributed by atoms with Gasteiger partial charge in [-0.25, -0.2) is 15.0 Å². The van der Waals surface area contributed by atoms with Crippen molar-refractivity contribution in [1.82, 2.24) is 15.0 Å². The van der Waals surface area contributed by atoms with Crippen LogP contribution in [0.2, 0.25) is 0 Å². The third kappa shape index (κ3) is 5.30. The molecule has 1 saturated heterocycles. The van der Waals surface area contributed by atoms with E-state index in [9.17, 15) is 4.79 Å². The second-order valence-corrected chi connectivity index (χ2v) is 9.31. The highest BCUT2D eigenvalue weighted by atomic mass is 16.1. The highest BCUT2D eigenvalue weighted by Gasteiger charge is 2.20. The Bertz CT molecular complexity index is 1330. The summed E-state index contributed by atoms with van der Waals surface area (Å²) in [6.07, 6.45) is 6.94. The van der Waals surface area contributed by atoms with Gasteiger partial charge in [0.15, 0.2) is 0 Å². The van der Waals surface area contributed by atoms with Crippen LogP contribution in [0.3, 0.4) is 0 Å². The zero-order chi connectivity index (χ0) is 24.9. The average Bonchev–Trinajstić information content (AvgIpc) is 2.93. The van der Waals surface area contributed by atoms with Crippen molar-refractivity contribution in [2.75, 3.05) is 41.3 Å². The molecule has 4 aromatic rings. The highest BCUT2D eigenvalue weighted by Crippen LogP contribution is 2.26. The smallest absolute Gasteiger partial charge is 0.255 e. The Morgan fingerprint density at radius 2 is 1.67 bits per heavy atom. The van der Waals surface area contributed by atoms with E-state index in [0.29, 0.717) is 5.56 Å². The fourth-order valence-corrected chi connectivity index (χ4v) is 4.61. The van der Waals surface area contributed by atoms with Gasteiger partial charge in [-0.05, 0) is 73.4 Å². The number of piperazine rings is 1. The first kappa shape index (κ1) is 23.7. The van der Waals surface area contributed by atoms with Crippen LogP contribution in [-0.4, -0.2) is 47.0 Å². The van der Waals surface area contributed by atoms with Crippen molar-refractivity contribution >= 4 is 34.3 Å². The molecule has 0 atom stereocenters. The van der Waals surface area contributed by atoms with E-state index in [0.717, 1.165) is 72.9 Å². The number of nitrogens with one attached hydrogen (secondary N) is 1. The Hall–Kier alpha value is -4.00. The van der Waals surface area contributed by atoms with Gasteiger partial charge in [-0.15, -0.1) is 0 Å². The summed E-state index contributed by atoms with van der Waals surface area (Å²) in [7, 11) is 0. The molecule has 0 radical (unpaired) electrons. The molecular weight excluding hydrogens is 448 g/mol. The van der Waals surface area contributed by atoms with Crippen molar-refractivity contribution in [2.24, 2.45) is 0 Å². The van der Waals surface area contributed by atoms with E-state index in [1.54, 1.807) is 12.4 Å². The molecule has 1 N–H and O–H groups in total. The molecule has 2 aromatic heterocycles. The van der Waals surface area contributed by atoms with Gasteiger partial charge >= 0.3 is 0 Å². The van der Waals surface area contributed by atoms with Crippen molar-refractivity contribution in [3.8, 4) is 0 Å². The number of rotatable bonds is 7. The number of benzene rings is 2. The Morgan fingerprint density at radius 3 is 2.39 bits per heavy atom. The Morgan fingerprint density at radius 1 is 0.944 bits per heavy atom. The van der Waals surface area contributed by atoms with Gasteiger partial charge in [-0.3, -0.25) is 4.79 Å². The minimum atomic E-state index is -0.0982. The number of hydrogen-bond donors (Lipinski definition) is 1. The third-order valence-electron chi connectivity index (χ3n) is 6.73. The first-order valence-corrected chi connectivity index (χ1v) is 12.7. The van der Waals surface area contributed by atoms with Gasteiger partial charge < -0.3 is 15.1 Å². The first-order chi connectivity index (χ1) is 17.6. The molecular formula is C29H32N6O. The van der Waals surface area contributed by atoms with Crippen LogP contribution < -0.4 is 15.1 Å². The summed E-state index contributed by atoms with van der Waals surface area (Å²) in [6.45, 7) is 7.72. The third-order valence-corrected chi connectivity index (χ3v) is 6.73. The molecule has 1 fully saturated rings. The molecule has 1 aliphatic rings. The predicted octanol–water partition coefficient (Wildman–Crippen LogP) is 5.25. The predicted molar refractivity (Wildman–Crippen MR) is 146 cm³/mol.